The minimum Gasteiger partial charge on any atom is -0.480 e. The zero-order valence-corrected chi connectivity index (χ0v) is 18.5. The van der Waals surface area contributed by atoms with E-state index in [4.69, 9.17) is 22.9 Å². The molecule has 0 spiro atoms. The van der Waals surface area contributed by atoms with Gasteiger partial charge in [0.1, 0.15) is 18.1 Å². The Balaban J connectivity index is 5.34. The van der Waals surface area contributed by atoms with E-state index in [0.717, 1.165) is 0 Å². The Kier molecular flexibility index (Phi) is 12.3. The first kappa shape index (κ1) is 28.6. The van der Waals surface area contributed by atoms with E-state index in [0.29, 0.717) is 0 Å². The smallest absolute Gasteiger partial charge is 0.326 e. The molecule has 4 atom stereocenters. The molecule has 32 heavy (non-hydrogen) atoms. The Morgan fingerprint density at radius 3 is 1.88 bits per heavy atom. The van der Waals surface area contributed by atoms with Crippen molar-refractivity contribution in [1.82, 2.24) is 16.0 Å². The van der Waals surface area contributed by atoms with Gasteiger partial charge in [-0.15, -0.1) is 0 Å². The molecule has 12 N–H and O–H groups in total. The molecule has 0 aromatic carbocycles. The highest BCUT2D eigenvalue weighted by atomic mass is 16.4. The second-order valence-corrected chi connectivity index (χ2v) is 7.60. The third-order valence-electron chi connectivity index (χ3n) is 4.26. The van der Waals surface area contributed by atoms with E-state index in [1.165, 1.54) is 6.92 Å². The number of carbonyl (C=O) groups excluding carboxylic acids is 4. The molecular weight excluding hydrogens is 424 g/mol. The van der Waals surface area contributed by atoms with Crippen LogP contribution in [0.25, 0.3) is 0 Å². The second-order valence-electron chi connectivity index (χ2n) is 7.60. The van der Waals surface area contributed by atoms with Crippen LogP contribution in [0.3, 0.4) is 0 Å². The maximum Gasteiger partial charge on any atom is 0.326 e. The van der Waals surface area contributed by atoms with Crippen molar-refractivity contribution in [2.75, 3.05) is 6.54 Å². The summed E-state index contributed by atoms with van der Waals surface area (Å²) < 4.78 is 0. The van der Waals surface area contributed by atoms with Crippen molar-refractivity contribution in [3.63, 3.8) is 0 Å². The van der Waals surface area contributed by atoms with Gasteiger partial charge in [-0.1, -0.05) is 13.8 Å². The Bertz CT molecular complexity index is 720. The van der Waals surface area contributed by atoms with Gasteiger partial charge in [0.2, 0.25) is 23.6 Å². The van der Waals surface area contributed by atoms with E-state index in [9.17, 15) is 29.1 Å². The highest BCUT2D eigenvalue weighted by Gasteiger charge is 2.32. The number of carboxylic acids is 1. The lowest BCUT2D eigenvalue weighted by molar-refractivity contribution is -0.142. The monoisotopic (exact) mass is 458 g/mol. The average molecular weight is 459 g/mol. The number of aliphatic imine (C=N–C) groups is 1. The molecule has 4 unspecified atom stereocenters. The molecular formula is C18H34N8O6. The standard InChI is InChI=1S/C18H34N8O6/c1-8(2)13(26-14(28)9(3)19)16(30)25-11(7-12(20)27)15(29)24-10(17(31)32)5-4-6-23-18(21)22/h8-11,13H,4-7,19H2,1-3H3,(H2,20,27)(H,24,29)(H,25,30)(H,26,28)(H,31,32)(H4,21,22,23). The molecule has 0 rings (SSSR count). The normalized spacial score (nSPS) is 14.4. The lowest BCUT2D eigenvalue weighted by Crippen LogP contribution is -2.58. The number of nitrogens with two attached hydrogens (primary N) is 4. The predicted molar refractivity (Wildman–Crippen MR) is 116 cm³/mol. The van der Waals surface area contributed by atoms with Crippen molar-refractivity contribution in [3.05, 3.63) is 0 Å². The molecule has 0 saturated heterocycles. The first-order valence-electron chi connectivity index (χ1n) is 9.99. The number of aliphatic carboxylic acids is 1. The first-order chi connectivity index (χ1) is 14.8. The molecule has 0 heterocycles. The van der Waals surface area contributed by atoms with Crippen molar-refractivity contribution < 1.29 is 29.1 Å². The number of hydrogen-bond acceptors (Lipinski definition) is 7. The fourth-order valence-electron chi connectivity index (χ4n) is 2.52. The summed E-state index contributed by atoms with van der Waals surface area (Å²) in [6, 6.07) is -4.69. The van der Waals surface area contributed by atoms with Crippen LogP contribution in [0.4, 0.5) is 0 Å². The van der Waals surface area contributed by atoms with Gasteiger partial charge < -0.3 is 44.0 Å². The van der Waals surface area contributed by atoms with Crippen molar-refractivity contribution in [1.29, 1.82) is 0 Å². The van der Waals surface area contributed by atoms with Crippen LogP contribution in [-0.2, 0) is 24.0 Å². The van der Waals surface area contributed by atoms with Gasteiger partial charge in [-0.3, -0.25) is 24.2 Å². The lowest BCUT2D eigenvalue weighted by Gasteiger charge is -2.26. The number of hydrogen-bond donors (Lipinski definition) is 8. The molecule has 14 nitrogen and oxygen atoms in total. The summed E-state index contributed by atoms with van der Waals surface area (Å²) in [4.78, 5) is 63.8. The molecule has 0 aliphatic rings. The third kappa shape index (κ3) is 11.1. The van der Waals surface area contributed by atoms with Crippen molar-refractivity contribution >= 4 is 35.6 Å². The average Bonchev–Trinajstić information content (AvgIpc) is 2.66. The maximum absolute atomic E-state index is 12.7. The number of carbonyl (C=O) groups is 5. The van der Waals surface area contributed by atoms with E-state index >= 15 is 0 Å². The molecule has 0 aliphatic heterocycles. The summed E-state index contributed by atoms with van der Waals surface area (Å²) in [6.07, 6.45) is -0.334. The highest BCUT2D eigenvalue weighted by molar-refractivity contribution is 5.96. The Morgan fingerprint density at radius 2 is 1.44 bits per heavy atom. The van der Waals surface area contributed by atoms with Gasteiger partial charge in [0.25, 0.3) is 0 Å². The molecule has 0 aromatic heterocycles. The van der Waals surface area contributed by atoms with Crippen molar-refractivity contribution in [2.24, 2.45) is 33.8 Å². The van der Waals surface area contributed by atoms with E-state index in [1.807, 2.05) is 0 Å². The van der Waals surface area contributed by atoms with E-state index in [1.54, 1.807) is 13.8 Å². The molecule has 182 valence electrons. The number of rotatable bonds is 14. The number of guanidine groups is 1. The molecule has 0 radical (unpaired) electrons. The zero-order valence-electron chi connectivity index (χ0n) is 18.5. The summed E-state index contributed by atoms with van der Waals surface area (Å²) >= 11 is 0. The molecule has 0 fully saturated rings. The topological polar surface area (TPSA) is 258 Å². The number of amides is 4. The van der Waals surface area contributed by atoms with Crippen LogP contribution in [0.5, 0.6) is 0 Å². The van der Waals surface area contributed by atoms with E-state index in [-0.39, 0.29) is 31.3 Å². The quantitative estimate of drug-likeness (QED) is 0.0726. The zero-order chi connectivity index (χ0) is 25.0. The molecule has 0 aromatic rings. The highest BCUT2D eigenvalue weighted by Crippen LogP contribution is 2.05. The molecule has 0 saturated carbocycles. The minimum absolute atomic E-state index is 0.00580. The minimum atomic E-state index is -1.45. The largest absolute Gasteiger partial charge is 0.480 e. The van der Waals surface area contributed by atoms with Crippen LogP contribution in [0, 0.1) is 5.92 Å². The van der Waals surface area contributed by atoms with Crippen molar-refractivity contribution in [2.45, 2.75) is 64.2 Å². The summed E-state index contributed by atoms with van der Waals surface area (Å²) in [5.74, 6) is -5.01. The van der Waals surface area contributed by atoms with E-state index in [2.05, 4.69) is 20.9 Å². The van der Waals surface area contributed by atoms with Gasteiger partial charge in [-0.25, -0.2) is 4.79 Å². The van der Waals surface area contributed by atoms with Crippen LogP contribution in [0.15, 0.2) is 4.99 Å². The second kappa shape index (κ2) is 13.8. The van der Waals surface area contributed by atoms with Gasteiger partial charge in [-0.05, 0) is 25.7 Å². The Morgan fingerprint density at radius 1 is 0.875 bits per heavy atom. The Hall–Kier alpha value is -3.42. The number of carboxylic acid groups (broad SMARTS) is 1. The van der Waals surface area contributed by atoms with Gasteiger partial charge in [0.05, 0.1) is 12.5 Å². The fraction of sp³-hybridized carbons (Fsp3) is 0.667. The lowest BCUT2D eigenvalue weighted by atomic mass is 10.0. The first-order valence-corrected chi connectivity index (χ1v) is 9.99. The Labute approximate surface area is 185 Å². The van der Waals surface area contributed by atoms with Crippen LogP contribution >= 0.6 is 0 Å². The van der Waals surface area contributed by atoms with Crippen LogP contribution in [-0.4, -0.2) is 71.4 Å². The molecule has 4 amide bonds. The molecule has 0 aliphatic carbocycles. The van der Waals surface area contributed by atoms with Gasteiger partial charge in [0.15, 0.2) is 5.96 Å². The third-order valence-corrected chi connectivity index (χ3v) is 4.26. The summed E-state index contributed by atoms with van der Waals surface area (Å²) in [5.41, 5.74) is 21.1. The maximum atomic E-state index is 12.7. The number of nitrogens with zero attached hydrogens (tertiary/aromatic N) is 1. The van der Waals surface area contributed by atoms with Crippen LogP contribution < -0.4 is 38.9 Å². The number of primary amides is 1. The molecule has 14 heteroatoms. The molecule has 0 bridgehead atoms. The van der Waals surface area contributed by atoms with Crippen LogP contribution in [0.1, 0.15) is 40.0 Å². The SMILES string of the molecule is CC(N)C(=O)NC(C(=O)NC(CC(N)=O)C(=O)NC(CCCN=C(N)N)C(=O)O)C(C)C. The van der Waals surface area contributed by atoms with Crippen molar-refractivity contribution in [3.8, 4) is 0 Å². The summed E-state index contributed by atoms with van der Waals surface area (Å²) in [7, 11) is 0. The summed E-state index contributed by atoms with van der Waals surface area (Å²) in [6.45, 7) is 4.91. The van der Waals surface area contributed by atoms with E-state index < -0.39 is 60.2 Å². The predicted octanol–water partition coefficient (Wildman–Crippen LogP) is -3.54. The number of nitrogens with one attached hydrogen (secondary N) is 3. The van der Waals surface area contributed by atoms with Gasteiger partial charge in [-0.2, -0.15) is 0 Å². The van der Waals surface area contributed by atoms with Crippen LogP contribution in [0.2, 0.25) is 0 Å². The summed E-state index contributed by atoms with van der Waals surface area (Å²) in [5, 5.41) is 16.4. The fourth-order valence-corrected chi connectivity index (χ4v) is 2.52. The van der Waals surface area contributed by atoms with Gasteiger partial charge >= 0.3 is 5.97 Å². The van der Waals surface area contributed by atoms with Gasteiger partial charge in [0, 0.05) is 6.54 Å².